The third kappa shape index (κ3) is 2.77. The molecule has 24 heavy (non-hydrogen) atoms. The zero-order valence-corrected chi connectivity index (χ0v) is 15.0. The average Bonchev–Trinajstić information content (AvgIpc) is 2.54. The van der Waals surface area contributed by atoms with Crippen LogP contribution in [0.15, 0.2) is 45.8 Å². The molecule has 2 aromatic rings. The van der Waals surface area contributed by atoms with Crippen molar-refractivity contribution in [3.8, 4) is 6.07 Å². The topological polar surface area (TPSA) is 90.3 Å². The van der Waals surface area contributed by atoms with E-state index in [2.05, 4.69) is 21.2 Å². The molecule has 0 aliphatic carbocycles. The molecule has 1 heterocycles. The number of anilines is 2. The number of nitriles is 1. The number of nitrogens with one attached hydrogen (secondary N) is 1. The molecule has 2 aromatic carbocycles. The summed E-state index contributed by atoms with van der Waals surface area (Å²) in [5, 5.41) is 11.6. The lowest BCUT2D eigenvalue weighted by Crippen LogP contribution is -2.42. The lowest BCUT2D eigenvalue weighted by Gasteiger charge is -2.30. The van der Waals surface area contributed by atoms with Crippen molar-refractivity contribution in [1.82, 2.24) is 0 Å². The summed E-state index contributed by atoms with van der Waals surface area (Å²) in [6, 6.07) is 11.3. The first-order valence-corrected chi connectivity index (χ1v) is 9.19. The van der Waals surface area contributed by atoms with Crippen LogP contribution in [0.1, 0.15) is 11.1 Å². The van der Waals surface area contributed by atoms with Gasteiger partial charge in [-0.3, -0.25) is 9.10 Å². The summed E-state index contributed by atoms with van der Waals surface area (Å²) in [5.41, 5.74) is 1.67. The van der Waals surface area contributed by atoms with Gasteiger partial charge in [0.2, 0.25) is 5.91 Å². The first-order valence-electron chi connectivity index (χ1n) is 6.96. The Labute approximate surface area is 147 Å². The number of carbonyl (C=O) groups excluding carboxylic acids is 1. The summed E-state index contributed by atoms with van der Waals surface area (Å²) in [6.45, 7) is 1.32. The quantitative estimate of drug-likeness (QED) is 0.831. The van der Waals surface area contributed by atoms with Crippen LogP contribution >= 0.6 is 15.9 Å². The van der Waals surface area contributed by atoms with E-state index in [-0.39, 0.29) is 11.4 Å². The van der Waals surface area contributed by atoms with E-state index in [1.54, 1.807) is 25.1 Å². The summed E-state index contributed by atoms with van der Waals surface area (Å²) < 4.78 is 27.9. The van der Waals surface area contributed by atoms with Crippen molar-refractivity contribution >= 4 is 43.2 Å². The molecule has 0 saturated carbocycles. The summed E-state index contributed by atoms with van der Waals surface area (Å²) in [4.78, 5) is 12.0. The molecule has 0 aromatic heterocycles. The highest BCUT2D eigenvalue weighted by molar-refractivity contribution is 9.10. The highest BCUT2D eigenvalue weighted by Gasteiger charge is 2.33. The number of fused-ring (bicyclic) bond motifs is 1. The molecule has 0 atom stereocenters. The van der Waals surface area contributed by atoms with Gasteiger partial charge < -0.3 is 5.32 Å². The first-order chi connectivity index (χ1) is 11.3. The van der Waals surface area contributed by atoms with Crippen LogP contribution in [0.2, 0.25) is 0 Å². The van der Waals surface area contributed by atoms with E-state index in [4.69, 9.17) is 5.26 Å². The van der Waals surface area contributed by atoms with E-state index in [1.165, 1.54) is 18.2 Å². The number of halogens is 1. The second kappa shape index (κ2) is 5.92. The van der Waals surface area contributed by atoms with Gasteiger partial charge in [0.25, 0.3) is 10.0 Å². The molecule has 122 valence electrons. The summed E-state index contributed by atoms with van der Waals surface area (Å²) in [5.74, 6) is -0.403. The number of nitrogens with zero attached hydrogens (tertiary/aromatic N) is 2. The number of rotatable bonds is 2. The fourth-order valence-corrected chi connectivity index (χ4v) is 4.55. The van der Waals surface area contributed by atoms with Crippen molar-refractivity contribution in [2.45, 2.75) is 11.8 Å². The van der Waals surface area contributed by atoms with Crippen molar-refractivity contribution in [2.75, 3.05) is 16.2 Å². The number of amides is 1. The molecular formula is C16H12BrN3O3S. The Kier molecular flexibility index (Phi) is 4.07. The normalized spacial score (nSPS) is 13.9. The van der Waals surface area contributed by atoms with Crippen LogP contribution in [0, 0.1) is 18.3 Å². The van der Waals surface area contributed by atoms with Gasteiger partial charge in [-0.25, -0.2) is 8.42 Å². The fourth-order valence-electron chi connectivity index (χ4n) is 2.56. The lowest BCUT2D eigenvalue weighted by atomic mass is 10.2. The van der Waals surface area contributed by atoms with Gasteiger partial charge in [0, 0.05) is 4.47 Å². The zero-order chi connectivity index (χ0) is 17.5. The van der Waals surface area contributed by atoms with Crippen molar-refractivity contribution in [1.29, 1.82) is 5.26 Å². The van der Waals surface area contributed by atoms with Crippen LogP contribution in [0.25, 0.3) is 0 Å². The van der Waals surface area contributed by atoms with Gasteiger partial charge in [-0.2, -0.15) is 5.26 Å². The van der Waals surface area contributed by atoms with Crippen LogP contribution in [-0.4, -0.2) is 20.9 Å². The van der Waals surface area contributed by atoms with Crippen LogP contribution in [0.3, 0.4) is 0 Å². The standard InChI is InChI=1S/C16H12BrN3O3S/c1-10-6-11(8-18)2-5-15(10)24(22,23)20-9-16(21)19-13-4-3-12(17)7-14(13)20/h2-7H,9H2,1H3,(H,19,21). The molecule has 8 heteroatoms. The fraction of sp³-hybridized carbons (Fsp3) is 0.125. The molecule has 0 saturated heterocycles. The summed E-state index contributed by atoms with van der Waals surface area (Å²) in [6.07, 6.45) is 0. The molecule has 1 amide bonds. The van der Waals surface area contributed by atoms with E-state index < -0.39 is 15.9 Å². The van der Waals surface area contributed by atoms with Gasteiger partial charge in [-0.05, 0) is 48.9 Å². The largest absolute Gasteiger partial charge is 0.323 e. The summed E-state index contributed by atoms with van der Waals surface area (Å²) >= 11 is 3.32. The SMILES string of the molecule is Cc1cc(C#N)ccc1S(=O)(=O)N1CC(=O)Nc2ccc(Br)cc21. The van der Waals surface area contributed by atoms with Crippen molar-refractivity contribution in [3.63, 3.8) is 0 Å². The van der Waals surface area contributed by atoms with Gasteiger partial charge in [-0.1, -0.05) is 15.9 Å². The third-order valence-corrected chi connectivity index (χ3v) is 6.08. The molecule has 1 aliphatic rings. The minimum atomic E-state index is -3.94. The minimum absolute atomic E-state index is 0.0714. The Morgan fingerprint density at radius 3 is 2.67 bits per heavy atom. The number of carbonyl (C=O) groups is 1. The van der Waals surface area contributed by atoms with E-state index >= 15 is 0 Å². The first kappa shape index (κ1) is 16.5. The maximum absolute atomic E-state index is 13.1. The molecule has 1 aliphatic heterocycles. The van der Waals surface area contributed by atoms with Gasteiger partial charge >= 0.3 is 0 Å². The van der Waals surface area contributed by atoms with Crippen LogP contribution in [0.4, 0.5) is 11.4 Å². The number of hydrogen-bond donors (Lipinski definition) is 1. The smallest absolute Gasteiger partial charge is 0.265 e. The van der Waals surface area contributed by atoms with E-state index in [1.807, 2.05) is 6.07 Å². The Balaban J connectivity index is 2.16. The zero-order valence-electron chi connectivity index (χ0n) is 12.6. The maximum Gasteiger partial charge on any atom is 0.265 e. The predicted molar refractivity (Wildman–Crippen MR) is 93.2 cm³/mol. The number of sulfonamides is 1. The maximum atomic E-state index is 13.1. The average molecular weight is 406 g/mol. The Morgan fingerprint density at radius 2 is 2.00 bits per heavy atom. The number of hydrogen-bond acceptors (Lipinski definition) is 4. The van der Waals surface area contributed by atoms with Crippen molar-refractivity contribution < 1.29 is 13.2 Å². The second-order valence-corrected chi connectivity index (χ2v) is 8.06. The Bertz CT molecular complexity index is 996. The predicted octanol–water partition coefficient (Wildman–Crippen LogP) is 2.78. The molecule has 0 unspecified atom stereocenters. The van der Waals surface area contributed by atoms with E-state index in [9.17, 15) is 13.2 Å². The molecule has 0 bridgehead atoms. The Morgan fingerprint density at radius 1 is 1.25 bits per heavy atom. The van der Waals surface area contributed by atoms with Crippen LogP contribution in [-0.2, 0) is 14.8 Å². The third-order valence-electron chi connectivity index (χ3n) is 3.66. The second-order valence-electron chi connectivity index (χ2n) is 5.31. The lowest BCUT2D eigenvalue weighted by molar-refractivity contribution is -0.115. The van der Waals surface area contributed by atoms with Crippen molar-refractivity contribution in [2.24, 2.45) is 0 Å². The molecular weight excluding hydrogens is 394 g/mol. The van der Waals surface area contributed by atoms with Crippen molar-refractivity contribution in [3.05, 3.63) is 52.0 Å². The van der Waals surface area contributed by atoms with Gasteiger partial charge in [-0.15, -0.1) is 0 Å². The van der Waals surface area contributed by atoms with Crippen LogP contribution in [0.5, 0.6) is 0 Å². The van der Waals surface area contributed by atoms with E-state index in [0.29, 0.717) is 27.0 Å². The van der Waals surface area contributed by atoms with Crippen LogP contribution < -0.4 is 9.62 Å². The van der Waals surface area contributed by atoms with Gasteiger partial charge in [0.1, 0.15) is 6.54 Å². The molecule has 0 radical (unpaired) electrons. The van der Waals surface area contributed by atoms with E-state index in [0.717, 1.165) is 4.31 Å². The monoisotopic (exact) mass is 405 g/mol. The van der Waals surface area contributed by atoms with Gasteiger partial charge in [0.05, 0.1) is 27.9 Å². The Hall–Kier alpha value is -2.37. The molecule has 1 N–H and O–H groups in total. The molecule has 6 nitrogen and oxygen atoms in total. The highest BCUT2D eigenvalue weighted by Crippen LogP contribution is 2.36. The molecule has 3 rings (SSSR count). The highest BCUT2D eigenvalue weighted by atomic mass is 79.9. The van der Waals surface area contributed by atoms with Gasteiger partial charge in [0.15, 0.2) is 0 Å². The summed E-state index contributed by atoms with van der Waals surface area (Å²) in [7, 11) is -3.94. The number of aryl methyl sites for hydroxylation is 1. The molecule has 0 spiro atoms. The number of benzene rings is 2. The molecule has 0 fully saturated rings. The minimum Gasteiger partial charge on any atom is -0.323 e.